The molecule has 0 saturated carbocycles. The first kappa shape index (κ1) is 18.0. The van der Waals surface area contributed by atoms with Crippen molar-refractivity contribution in [3.8, 4) is 0 Å². The van der Waals surface area contributed by atoms with Gasteiger partial charge in [-0.05, 0) is 24.1 Å². The maximum atomic E-state index is 12.2. The summed E-state index contributed by atoms with van der Waals surface area (Å²) in [6.07, 6.45) is 0.882. The predicted octanol–water partition coefficient (Wildman–Crippen LogP) is 2.15. The highest BCUT2D eigenvalue weighted by Crippen LogP contribution is 2.21. The van der Waals surface area contributed by atoms with Crippen LogP contribution < -0.4 is 5.32 Å². The Bertz CT molecular complexity index is 580. The number of ether oxygens (including phenoxy) is 1. The number of rotatable bonds is 7. The van der Waals surface area contributed by atoms with E-state index < -0.39 is 0 Å². The van der Waals surface area contributed by atoms with Crippen LogP contribution in [0.15, 0.2) is 18.2 Å². The molecule has 0 aliphatic carbocycles. The number of nitrogens with one attached hydrogen (secondary N) is 1. The molecule has 1 fully saturated rings. The Morgan fingerprint density at radius 3 is 2.91 bits per heavy atom. The van der Waals surface area contributed by atoms with Gasteiger partial charge in [0.2, 0.25) is 11.8 Å². The van der Waals surface area contributed by atoms with Crippen LogP contribution >= 0.6 is 23.2 Å². The highest BCUT2D eigenvalue weighted by Gasteiger charge is 2.33. The minimum Gasteiger partial charge on any atom is -0.383 e. The van der Waals surface area contributed by atoms with Gasteiger partial charge in [-0.3, -0.25) is 9.59 Å². The highest BCUT2D eigenvalue weighted by molar-refractivity contribution is 6.35. The fourth-order valence-corrected chi connectivity index (χ4v) is 3.06. The molecule has 1 heterocycles. The number of hydrogen-bond acceptors (Lipinski definition) is 3. The second kappa shape index (κ2) is 8.52. The maximum Gasteiger partial charge on any atom is 0.225 e. The van der Waals surface area contributed by atoms with E-state index in [2.05, 4.69) is 5.32 Å². The molecule has 0 spiro atoms. The van der Waals surface area contributed by atoms with Crippen molar-refractivity contribution in [2.75, 3.05) is 33.4 Å². The Morgan fingerprint density at radius 1 is 1.43 bits per heavy atom. The molecule has 2 amide bonds. The maximum absolute atomic E-state index is 12.2. The van der Waals surface area contributed by atoms with Gasteiger partial charge in [0.05, 0.1) is 12.5 Å². The summed E-state index contributed by atoms with van der Waals surface area (Å²) in [6.45, 7) is 1.94. The molecule has 1 aromatic rings. The monoisotopic (exact) mass is 358 g/mol. The van der Waals surface area contributed by atoms with Gasteiger partial charge in [0, 0.05) is 43.2 Å². The molecule has 1 N–H and O–H groups in total. The van der Waals surface area contributed by atoms with Crippen molar-refractivity contribution >= 4 is 35.0 Å². The first-order valence-electron chi connectivity index (χ1n) is 7.49. The van der Waals surface area contributed by atoms with E-state index in [1.165, 1.54) is 0 Å². The van der Waals surface area contributed by atoms with Gasteiger partial charge in [-0.15, -0.1) is 0 Å². The van der Waals surface area contributed by atoms with Gasteiger partial charge in [-0.1, -0.05) is 29.3 Å². The molecule has 2 rings (SSSR count). The Balaban J connectivity index is 1.78. The molecule has 1 atom stereocenters. The predicted molar refractivity (Wildman–Crippen MR) is 89.7 cm³/mol. The number of likely N-dealkylation sites (tertiary alicyclic amines) is 1. The van der Waals surface area contributed by atoms with Crippen molar-refractivity contribution in [1.82, 2.24) is 10.2 Å². The molecule has 1 aliphatic rings. The van der Waals surface area contributed by atoms with Crippen molar-refractivity contribution in [3.63, 3.8) is 0 Å². The lowest BCUT2D eigenvalue weighted by Crippen LogP contribution is -2.34. The van der Waals surface area contributed by atoms with Crippen molar-refractivity contribution in [2.24, 2.45) is 5.92 Å². The molecule has 1 saturated heterocycles. The van der Waals surface area contributed by atoms with E-state index in [9.17, 15) is 9.59 Å². The minimum atomic E-state index is -0.292. The summed E-state index contributed by atoms with van der Waals surface area (Å²) in [7, 11) is 1.59. The molecule has 126 valence electrons. The number of benzene rings is 1. The zero-order valence-corrected chi connectivity index (χ0v) is 14.5. The third-order valence-electron chi connectivity index (χ3n) is 3.86. The summed E-state index contributed by atoms with van der Waals surface area (Å²) in [6, 6.07) is 5.31. The molecule has 23 heavy (non-hydrogen) atoms. The molecule has 5 nitrogen and oxygen atoms in total. The fourth-order valence-electron chi connectivity index (χ4n) is 2.55. The average molecular weight is 359 g/mol. The van der Waals surface area contributed by atoms with E-state index in [1.807, 2.05) is 6.07 Å². The molecule has 0 bridgehead atoms. The number of methoxy groups -OCH3 is 1. The largest absolute Gasteiger partial charge is 0.383 e. The summed E-state index contributed by atoms with van der Waals surface area (Å²) >= 11 is 11.9. The lowest BCUT2D eigenvalue weighted by molar-refractivity contribution is -0.129. The summed E-state index contributed by atoms with van der Waals surface area (Å²) < 4.78 is 4.96. The lowest BCUT2D eigenvalue weighted by atomic mass is 10.1. The van der Waals surface area contributed by atoms with Crippen molar-refractivity contribution in [3.05, 3.63) is 33.8 Å². The minimum absolute atomic E-state index is 0.00273. The van der Waals surface area contributed by atoms with Crippen LogP contribution in [0.5, 0.6) is 0 Å². The van der Waals surface area contributed by atoms with E-state index >= 15 is 0 Å². The number of hydrogen-bond donors (Lipinski definition) is 1. The molecule has 0 aromatic heterocycles. The number of amides is 2. The van der Waals surface area contributed by atoms with E-state index in [0.717, 1.165) is 5.56 Å². The highest BCUT2D eigenvalue weighted by atomic mass is 35.5. The topological polar surface area (TPSA) is 58.6 Å². The van der Waals surface area contributed by atoms with Crippen LogP contribution in [0.25, 0.3) is 0 Å². The average Bonchev–Trinajstić information content (AvgIpc) is 2.88. The van der Waals surface area contributed by atoms with Crippen LogP contribution in [-0.4, -0.2) is 50.1 Å². The van der Waals surface area contributed by atoms with Crippen LogP contribution in [0.4, 0.5) is 0 Å². The fraction of sp³-hybridized carbons (Fsp3) is 0.500. The Labute approximate surface area is 145 Å². The van der Waals surface area contributed by atoms with E-state index in [1.54, 1.807) is 24.1 Å². The first-order chi connectivity index (χ1) is 11.0. The third-order valence-corrected chi connectivity index (χ3v) is 4.45. The summed E-state index contributed by atoms with van der Waals surface area (Å²) in [5.74, 6) is -0.383. The molecule has 1 unspecified atom stereocenters. The first-order valence-corrected chi connectivity index (χ1v) is 8.25. The lowest BCUT2D eigenvalue weighted by Gasteiger charge is -2.15. The van der Waals surface area contributed by atoms with Crippen molar-refractivity contribution in [2.45, 2.75) is 12.8 Å². The summed E-state index contributed by atoms with van der Waals surface area (Å²) in [4.78, 5) is 25.7. The quantitative estimate of drug-likeness (QED) is 0.812. The molecule has 1 aliphatic heterocycles. The summed E-state index contributed by atoms with van der Waals surface area (Å²) in [5, 5.41) is 4.05. The van der Waals surface area contributed by atoms with Crippen LogP contribution in [0.1, 0.15) is 12.0 Å². The smallest absolute Gasteiger partial charge is 0.225 e. The van der Waals surface area contributed by atoms with Gasteiger partial charge in [-0.2, -0.15) is 0 Å². The zero-order chi connectivity index (χ0) is 16.8. The molecular weight excluding hydrogens is 339 g/mol. The van der Waals surface area contributed by atoms with Gasteiger partial charge < -0.3 is 15.0 Å². The molecule has 7 heteroatoms. The number of nitrogens with zero attached hydrogens (tertiary/aromatic N) is 1. The standard InChI is InChI=1S/C16H20Cl2N2O3/c1-23-7-6-20-10-12(8-15(20)21)16(22)19-5-4-11-2-3-13(17)9-14(11)18/h2-3,9,12H,4-8,10H2,1H3,(H,19,22). The van der Waals surface area contributed by atoms with Crippen LogP contribution in [0.3, 0.4) is 0 Å². The molecule has 0 radical (unpaired) electrons. The Morgan fingerprint density at radius 2 is 2.22 bits per heavy atom. The van der Waals surface area contributed by atoms with Gasteiger partial charge in [-0.25, -0.2) is 0 Å². The van der Waals surface area contributed by atoms with Crippen molar-refractivity contribution in [1.29, 1.82) is 0 Å². The van der Waals surface area contributed by atoms with Gasteiger partial charge in [0.25, 0.3) is 0 Å². The van der Waals surface area contributed by atoms with E-state index in [-0.39, 0.29) is 24.2 Å². The van der Waals surface area contributed by atoms with Gasteiger partial charge in [0.15, 0.2) is 0 Å². The van der Waals surface area contributed by atoms with E-state index in [4.69, 9.17) is 27.9 Å². The van der Waals surface area contributed by atoms with Crippen molar-refractivity contribution < 1.29 is 14.3 Å². The van der Waals surface area contributed by atoms with E-state index in [0.29, 0.717) is 42.7 Å². The van der Waals surface area contributed by atoms with Gasteiger partial charge in [0.1, 0.15) is 0 Å². The molecule has 1 aromatic carbocycles. The second-order valence-corrected chi connectivity index (χ2v) is 6.35. The SMILES string of the molecule is COCCN1CC(C(=O)NCCc2ccc(Cl)cc2Cl)CC1=O. The second-order valence-electron chi connectivity index (χ2n) is 5.51. The number of halogens is 2. The Kier molecular flexibility index (Phi) is 6.69. The molecular formula is C16H20Cl2N2O3. The Hall–Kier alpha value is -1.30. The van der Waals surface area contributed by atoms with Crippen LogP contribution in [-0.2, 0) is 20.7 Å². The van der Waals surface area contributed by atoms with Crippen LogP contribution in [0.2, 0.25) is 10.0 Å². The van der Waals surface area contributed by atoms with Crippen LogP contribution in [0, 0.1) is 5.92 Å². The summed E-state index contributed by atoms with van der Waals surface area (Å²) in [5.41, 5.74) is 0.931. The normalized spacial score (nSPS) is 17.6. The third kappa shape index (κ3) is 5.09. The number of carbonyl (C=O) groups is 2. The van der Waals surface area contributed by atoms with Gasteiger partial charge >= 0.3 is 0 Å². The zero-order valence-electron chi connectivity index (χ0n) is 13.0. The number of carbonyl (C=O) groups excluding carboxylic acids is 2.